The normalized spacial score (nSPS) is 23.9. The molecule has 0 amide bonds. The third-order valence-corrected chi connectivity index (χ3v) is 9.04. The van der Waals surface area contributed by atoms with Crippen LogP contribution in [0.1, 0.15) is 47.9 Å². The Labute approximate surface area is 214 Å². The lowest BCUT2D eigenvalue weighted by Gasteiger charge is -2.59. The van der Waals surface area contributed by atoms with Crippen molar-refractivity contribution in [2.75, 3.05) is 0 Å². The van der Waals surface area contributed by atoms with E-state index in [0.29, 0.717) is 11.8 Å². The first-order valence-electron chi connectivity index (χ1n) is 13.3. The molecule has 3 aliphatic rings. The molecule has 0 spiro atoms. The molecule has 0 radical (unpaired) electrons. The van der Waals surface area contributed by atoms with Crippen molar-refractivity contribution in [1.29, 1.82) is 0 Å². The van der Waals surface area contributed by atoms with Crippen molar-refractivity contribution >= 4 is 0 Å². The van der Waals surface area contributed by atoms with Crippen molar-refractivity contribution in [1.82, 2.24) is 0 Å². The van der Waals surface area contributed by atoms with E-state index in [1.54, 1.807) is 0 Å². The molecular weight excluding hydrogens is 440 g/mol. The highest BCUT2D eigenvalue weighted by molar-refractivity contribution is 5.42. The molecule has 0 saturated heterocycles. The monoisotopic (exact) mass is 474 g/mol. The highest BCUT2D eigenvalue weighted by Gasteiger charge is 2.60. The van der Waals surface area contributed by atoms with Gasteiger partial charge in [-0.05, 0) is 59.8 Å². The second kappa shape index (κ2) is 9.35. The summed E-state index contributed by atoms with van der Waals surface area (Å²) < 4.78 is 0. The Morgan fingerprint density at radius 3 is 0.833 bits per heavy atom. The van der Waals surface area contributed by atoms with Crippen LogP contribution in [-0.4, -0.2) is 10.2 Å². The summed E-state index contributed by atoms with van der Waals surface area (Å²) in [6, 6.07) is 40.5. The van der Waals surface area contributed by atoms with Gasteiger partial charge in [-0.3, -0.25) is 0 Å². The summed E-state index contributed by atoms with van der Waals surface area (Å²) in [7, 11) is 0. The second-order valence-electron chi connectivity index (χ2n) is 10.7. The lowest BCUT2D eigenvalue weighted by molar-refractivity contribution is -0.167. The fraction of sp³-hybridized carbons (Fsp3) is 0.294. The molecule has 36 heavy (non-hydrogen) atoms. The molecule has 2 bridgehead atoms. The summed E-state index contributed by atoms with van der Waals surface area (Å²) in [5.74, 6) is 0.370. The van der Waals surface area contributed by atoms with Crippen LogP contribution in [-0.2, 0) is 11.2 Å². The lowest BCUT2D eigenvalue weighted by atomic mass is 9.47. The van der Waals surface area contributed by atoms with E-state index in [1.165, 1.54) is 0 Å². The Hall–Kier alpha value is -3.20. The molecular formula is C34H34O2. The van der Waals surface area contributed by atoms with Gasteiger partial charge in [0.25, 0.3) is 0 Å². The fourth-order valence-corrected chi connectivity index (χ4v) is 7.52. The van der Waals surface area contributed by atoms with Gasteiger partial charge in [0.15, 0.2) is 0 Å². The SMILES string of the molecule is OC(c1ccccc1)(c1ccccc1)[C@H]1C2CCC(CC2)[C@@H]1C(O)(c1ccccc1)c1ccccc1. The molecule has 0 unspecified atom stereocenters. The third kappa shape index (κ3) is 3.63. The molecule has 2 heteroatoms. The van der Waals surface area contributed by atoms with Gasteiger partial charge in [-0.15, -0.1) is 0 Å². The Morgan fingerprint density at radius 2 is 0.611 bits per heavy atom. The largest absolute Gasteiger partial charge is 0.380 e. The first-order valence-corrected chi connectivity index (χ1v) is 13.3. The highest BCUT2D eigenvalue weighted by Crippen LogP contribution is 2.62. The van der Waals surface area contributed by atoms with Crippen LogP contribution in [0.3, 0.4) is 0 Å². The zero-order chi connectivity index (χ0) is 24.6. The van der Waals surface area contributed by atoms with Gasteiger partial charge >= 0.3 is 0 Å². The second-order valence-corrected chi connectivity index (χ2v) is 10.7. The highest BCUT2D eigenvalue weighted by atomic mass is 16.3. The van der Waals surface area contributed by atoms with Crippen molar-refractivity contribution in [2.24, 2.45) is 23.7 Å². The van der Waals surface area contributed by atoms with E-state index in [1.807, 2.05) is 72.8 Å². The van der Waals surface area contributed by atoms with Crippen LogP contribution < -0.4 is 0 Å². The Balaban J connectivity index is 1.62. The van der Waals surface area contributed by atoms with E-state index in [0.717, 1.165) is 47.9 Å². The number of aliphatic hydroxyl groups is 2. The molecule has 2 nitrogen and oxygen atoms in total. The van der Waals surface area contributed by atoms with Gasteiger partial charge in [0.2, 0.25) is 0 Å². The summed E-state index contributed by atoms with van der Waals surface area (Å²) in [4.78, 5) is 0. The van der Waals surface area contributed by atoms with E-state index < -0.39 is 11.2 Å². The average Bonchev–Trinajstić information content (AvgIpc) is 2.98. The average molecular weight is 475 g/mol. The lowest BCUT2D eigenvalue weighted by Crippen LogP contribution is -2.58. The minimum Gasteiger partial charge on any atom is -0.380 e. The van der Waals surface area contributed by atoms with Crippen molar-refractivity contribution < 1.29 is 10.2 Å². The molecule has 3 fully saturated rings. The quantitative estimate of drug-likeness (QED) is 0.319. The smallest absolute Gasteiger partial charge is 0.118 e. The number of fused-ring (bicyclic) bond motifs is 3. The Kier molecular flexibility index (Phi) is 6.03. The minimum atomic E-state index is -1.21. The van der Waals surface area contributed by atoms with Crippen molar-refractivity contribution in [3.8, 4) is 0 Å². The van der Waals surface area contributed by atoms with Crippen LogP contribution in [0.2, 0.25) is 0 Å². The number of benzene rings is 4. The third-order valence-electron chi connectivity index (χ3n) is 9.04. The Morgan fingerprint density at radius 1 is 0.389 bits per heavy atom. The number of rotatable bonds is 6. The molecule has 2 N–H and O–H groups in total. The van der Waals surface area contributed by atoms with E-state index in [-0.39, 0.29) is 11.8 Å². The van der Waals surface area contributed by atoms with Crippen molar-refractivity contribution in [3.63, 3.8) is 0 Å². The number of hydrogen-bond donors (Lipinski definition) is 2. The van der Waals surface area contributed by atoms with E-state index in [2.05, 4.69) is 48.5 Å². The maximum absolute atomic E-state index is 13.0. The molecule has 3 aliphatic carbocycles. The first-order chi connectivity index (χ1) is 17.6. The molecule has 2 atom stereocenters. The topological polar surface area (TPSA) is 40.5 Å². The van der Waals surface area contributed by atoms with Crippen LogP contribution in [0.25, 0.3) is 0 Å². The summed E-state index contributed by atoms with van der Waals surface area (Å²) in [6.45, 7) is 0. The molecule has 0 heterocycles. The molecule has 4 aromatic carbocycles. The minimum absolute atomic E-state index is 0.139. The van der Waals surface area contributed by atoms with Gasteiger partial charge < -0.3 is 10.2 Å². The standard InChI is InChI=1S/C34H34O2/c35-33(27-13-5-1-6-14-27,28-15-7-2-8-16-28)31-25-21-23-26(24-22-25)32(31)34(36,29-17-9-3-10-18-29)30-19-11-4-12-20-30/h1-20,25-26,31-32,35-36H,21-24H2/t25?,26?,31-,32-/m0/s1. The first kappa shape index (κ1) is 23.2. The van der Waals surface area contributed by atoms with Crippen LogP contribution in [0.4, 0.5) is 0 Å². The molecule has 0 aliphatic heterocycles. The van der Waals surface area contributed by atoms with Gasteiger partial charge in [0.1, 0.15) is 11.2 Å². The zero-order valence-electron chi connectivity index (χ0n) is 20.6. The van der Waals surface area contributed by atoms with Crippen LogP contribution in [0.15, 0.2) is 121 Å². The van der Waals surface area contributed by atoms with Crippen molar-refractivity contribution in [3.05, 3.63) is 144 Å². The summed E-state index contributed by atoms with van der Waals surface area (Å²) in [5, 5.41) is 26.0. The van der Waals surface area contributed by atoms with Gasteiger partial charge in [-0.1, -0.05) is 121 Å². The zero-order valence-corrected chi connectivity index (χ0v) is 20.6. The van der Waals surface area contributed by atoms with Crippen LogP contribution in [0.5, 0.6) is 0 Å². The maximum Gasteiger partial charge on any atom is 0.118 e. The van der Waals surface area contributed by atoms with Crippen LogP contribution in [0, 0.1) is 23.7 Å². The van der Waals surface area contributed by atoms with E-state index in [9.17, 15) is 10.2 Å². The van der Waals surface area contributed by atoms with Gasteiger partial charge in [0.05, 0.1) is 0 Å². The van der Waals surface area contributed by atoms with Gasteiger partial charge in [-0.25, -0.2) is 0 Å². The number of hydrogen-bond acceptors (Lipinski definition) is 2. The van der Waals surface area contributed by atoms with Gasteiger partial charge in [-0.2, -0.15) is 0 Å². The predicted molar refractivity (Wildman–Crippen MR) is 144 cm³/mol. The molecule has 0 aromatic heterocycles. The summed E-state index contributed by atoms with van der Waals surface area (Å²) in [6.07, 6.45) is 4.36. The molecule has 4 aromatic rings. The predicted octanol–water partition coefficient (Wildman–Crippen LogP) is 6.91. The fourth-order valence-electron chi connectivity index (χ4n) is 7.52. The van der Waals surface area contributed by atoms with E-state index in [4.69, 9.17) is 0 Å². The molecule has 7 rings (SSSR count). The van der Waals surface area contributed by atoms with E-state index >= 15 is 0 Å². The maximum atomic E-state index is 13.0. The molecule has 182 valence electrons. The summed E-state index contributed by atoms with van der Waals surface area (Å²) in [5.41, 5.74) is 1.19. The van der Waals surface area contributed by atoms with Gasteiger partial charge in [0, 0.05) is 11.8 Å². The van der Waals surface area contributed by atoms with Crippen molar-refractivity contribution in [2.45, 2.75) is 36.9 Å². The molecule has 3 saturated carbocycles. The Bertz CT molecular complexity index is 1080. The summed E-state index contributed by atoms with van der Waals surface area (Å²) >= 11 is 0. The van der Waals surface area contributed by atoms with Crippen LogP contribution >= 0.6 is 0 Å².